The van der Waals surface area contributed by atoms with E-state index in [4.69, 9.17) is 0 Å². The number of rotatable bonds is 2. The van der Waals surface area contributed by atoms with Crippen molar-refractivity contribution < 1.29 is 0 Å². The first-order valence-electron chi connectivity index (χ1n) is 3.74. The molecule has 0 saturated heterocycles. The van der Waals surface area contributed by atoms with Crippen LogP contribution in [0, 0.1) is 0 Å². The lowest BCUT2D eigenvalue weighted by Crippen LogP contribution is -1.88. The first-order valence-corrected chi connectivity index (χ1v) is 6.24. The van der Waals surface area contributed by atoms with Crippen LogP contribution in [0.2, 0.25) is 0 Å². The summed E-state index contributed by atoms with van der Waals surface area (Å²) in [5, 5.41) is 0. The molecule has 3 heteroatoms. The van der Waals surface area contributed by atoms with Crippen molar-refractivity contribution in [1.82, 2.24) is 0 Å². The van der Waals surface area contributed by atoms with Gasteiger partial charge in [-0.25, -0.2) is 0 Å². The second-order valence-electron chi connectivity index (χ2n) is 2.54. The molecular formula is C9H9Br3. The average molecular weight is 357 g/mol. The summed E-state index contributed by atoms with van der Waals surface area (Å²) >= 11 is 10.6. The van der Waals surface area contributed by atoms with Gasteiger partial charge in [0.1, 0.15) is 0 Å². The van der Waals surface area contributed by atoms with E-state index >= 15 is 0 Å². The summed E-state index contributed by atoms with van der Waals surface area (Å²) < 4.78 is 2.29. The van der Waals surface area contributed by atoms with Crippen molar-refractivity contribution in [1.29, 1.82) is 0 Å². The van der Waals surface area contributed by atoms with Gasteiger partial charge in [-0.3, -0.25) is 0 Å². The minimum atomic E-state index is 0.435. The SMILES string of the molecule is CCC(Br)c1cc(Br)ccc1Br. The van der Waals surface area contributed by atoms with Gasteiger partial charge in [0, 0.05) is 13.8 Å². The van der Waals surface area contributed by atoms with Crippen molar-refractivity contribution in [2.24, 2.45) is 0 Å². The van der Waals surface area contributed by atoms with Crippen LogP contribution in [0.15, 0.2) is 27.1 Å². The Morgan fingerprint density at radius 2 is 2.00 bits per heavy atom. The lowest BCUT2D eigenvalue weighted by molar-refractivity contribution is 0.905. The van der Waals surface area contributed by atoms with E-state index in [1.54, 1.807) is 0 Å². The van der Waals surface area contributed by atoms with Gasteiger partial charge in [-0.2, -0.15) is 0 Å². The molecule has 0 N–H and O–H groups in total. The largest absolute Gasteiger partial charge is 0.0838 e. The molecule has 0 heterocycles. The van der Waals surface area contributed by atoms with E-state index in [1.807, 2.05) is 6.07 Å². The van der Waals surface area contributed by atoms with E-state index in [1.165, 1.54) is 5.56 Å². The molecule has 1 unspecified atom stereocenters. The topological polar surface area (TPSA) is 0 Å². The predicted octanol–water partition coefficient (Wildman–Crippen LogP) is 5.06. The van der Waals surface area contributed by atoms with Crippen molar-refractivity contribution in [3.8, 4) is 0 Å². The Morgan fingerprint density at radius 3 is 2.58 bits per heavy atom. The zero-order valence-corrected chi connectivity index (χ0v) is 11.4. The Balaban J connectivity index is 3.04. The van der Waals surface area contributed by atoms with E-state index in [9.17, 15) is 0 Å². The monoisotopic (exact) mass is 354 g/mol. The lowest BCUT2D eigenvalue weighted by atomic mass is 10.1. The summed E-state index contributed by atoms with van der Waals surface area (Å²) in [5.74, 6) is 0. The maximum atomic E-state index is 3.62. The molecule has 0 spiro atoms. The fourth-order valence-electron chi connectivity index (χ4n) is 0.975. The molecule has 0 bridgehead atoms. The molecule has 1 rings (SSSR count). The Labute approximate surface area is 98.1 Å². The van der Waals surface area contributed by atoms with E-state index < -0.39 is 0 Å². The van der Waals surface area contributed by atoms with E-state index in [-0.39, 0.29) is 0 Å². The fourth-order valence-corrected chi connectivity index (χ4v) is 2.56. The van der Waals surface area contributed by atoms with Gasteiger partial charge in [-0.05, 0) is 30.2 Å². The third-order valence-electron chi connectivity index (χ3n) is 1.65. The van der Waals surface area contributed by atoms with Crippen molar-refractivity contribution >= 4 is 47.8 Å². The molecule has 0 fully saturated rings. The van der Waals surface area contributed by atoms with Gasteiger partial charge in [0.25, 0.3) is 0 Å². The summed E-state index contributed by atoms with van der Waals surface area (Å²) in [7, 11) is 0. The number of benzene rings is 1. The van der Waals surface area contributed by atoms with Crippen LogP contribution in [-0.4, -0.2) is 0 Å². The maximum absolute atomic E-state index is 3.62. The smallest absolute Gasteiger partial charge is 0.0404 e. The standard InChI is InChI=1S/C9H9Br3/c1-2-8(11)7-5-6(10)3-4-9(7)12/h3-5,8H,2H2,1H3. The summed E-state index contributed by atoms with van der Waals surface area (Å²) in [6.45, 7) is 2.16. The second kappa shape index (κ2) is 4.77. The van der Waals surface area contributed by atoms with Crippen molar-refractivity contribution in [2.75, 3.05) is 0 Å². The Bertz CT molecular complexity index is 270. The van der Waals surface area contributed by atoms with Crippen LogP contribution in [-0.2, 0) is 0 Å². The summed E-state index contributed by atoms with van der Waals surface area (Å²) in [5.41, 5.74) is 1.30. The van der Waals surface area contributed by atoms with Crippen molar-refractivity contribution in [3.05, 3.63) is 32.7 Å². The van der Waals surface area contributed by atoms with Gasteiger partial charge in [0.15, 0.2) is 0 Å². The van der Waals surface area contributed by atoms with Crippen molar-refractivity contribution in [2.45, 2.75) is 18.2 Å². The van der Waals surface area contributed by atoms with Gasteiger partial charge < -0.3 is 0 Å². The lowest BCUT2D eigenvalue weighted by Gasteiger charge is -2.09. The highest BCUT2D eigenvalue weighted by molar-refractivity contribution is 9.11. The average Bonchev–Trinajstić information content (AvgIpc) is 2.08. The van der Waals surface area contributed by atoms with Gasteiger partial charge in [-0.1, -0.05) is 54.7 Å². The summed E-state index contributed by atoms with van der Waals surface area (Å²) in [6.07, 6.45) is 1.09. The molecule has 0 aliphatic heterocycles. The zero-order chi connectivity index (χ0) is 9.14. The van der Waals surface area contributed by atoms with Crippen LogP contribution in [0.5, 0.6) is 0 Å². The van der Waals surface area contributed by atoms with Gasteiger partial charge in [-0.15, -0.1) is 0 Å². The number of halogens is 3. The van der Waals surface area contributed by atoms with Gasteiger partial charge >= 0.3 is 0 Å². The third kappa shape index (κ3) is 2.57. The molecule has 0 saturated carbocycles. The molecule has 66 valence electrons. The van der Waals surface area contributed by atoms with E-state index in [0.29, 0.717) is 4.83 Å². The van der Waals surface area contributed by atoms with Crippen LogP contribution in [0.1, 0.15) is 23.7 Å². The van der Waals surface area contributed by atoms with Gasteiger partial charge in [0.2, 0.25) is 0 Å². The highest BCUT2D eigenvalue weighted by Gasteiger charge is 2.08. The second-order valence-corrected chi connectivity index (χ2v) is 5.42. The Kier molecular flexibility index (Phi) is 4.27. The van der Waals surface area contributed by atoms with Crippen LogP contribution >= 0.6 is 47.8 Å². The zero-order valence-electron chi connectivity index (χ0n) is 6.65. The molecular weight excluding hydrogens is 348 g/mol. The predicted molar refractivity (Wildman–Crippen MR) is 63.8 cm³/mol. The van der Waals surface area contributed by atoms with Crippen LogP contribution in [0.3, 0.4) is 0 Å². The van der Waals surface area contributed by atoms with E-state index in [2.05, 4.69) is 66.8 Å². The highest BCUT2D eigenvalue weighted by atomic mass is 79.9. The minimum Gasteiger partial charge on any atom is -0.0838 e. The maximum Gasteiger partial charge on any atom is 0.0404 e. The fraction of sp³-hybridized carbons (Fsp3) is 0.333. The van der Waals surface area contributed by atoms with E-state index in [0.717, 1.165) is 15.4 Å². The normalized spacial score (nSPS) is 13.0. The minimum absolute atomic E-state index is 0.435. The molecule has 0 aliphatic rings. The van der Waals surface area contributed by atoms with Crippen LogP contribution in [0.4, 0.5) is 0 Å². The van der Waals surface area contributed by atoms with Gasteiger partial charge in [0.05, 0.1) is 0 Å². The van der Waals surface area contributed by atoms with Crippen LogP contribution in [0.25, 0.3) is 0 Å². The highest BCUT2D eigenvalue weighted by Crippen LogP contribution is 2.33. The quantitative estimate of drug-likeness (QED) is 0.650. The molecule has 1 aromatic rings. The number of hydrogen-bond acceptors (Lipinski definition) is 0. The molecule has 0 aliphatic carbocycles. The Hall–Kier alpha value is 0.660. The number of hydrogen-bond donors (Lipinski definition) is 0. The summed E-state index contributed by atoms with van der Waals surface area (Å²) in [4.78, 5) is 0.435. The molecule has 1 aromatic carbocycles. The molecule has 1 atom stereocenters. The van der Waals surface area contributed by atoms with Crippen molar-refractivity contribution in [3.63, 3.8) is 0 Å². The molecule has 0 amide bonds. The van der Waals surface area contributed by atoms with Crippen LogP contribution < -0.4 is 0 Å². The Morgan fingerprint density at radius 1 is 1.33 bits per heavy atom. The molecule has 0 nitrogen and oxygen atoms in total. The first kappa shape index (κ1) is 10.7. The first-order chi connectivity index (χ1) is 5.65. The number of alkyl halides is 1. The third-order valence-corrected chi connectivity index (χ3v) is 4.01. The molecule has 0 radical (unpaired) electrons. The summed E-state index contributed by atoms with van der Waals surface area (Å²) in [6, 6.07) is 6.22. The molecule has 0 aromatic heterocycles. The molecule has 12 heavy (non-hydrogen) atoms.